The van der Waals surface area contributed by atoms with Gasteiger partial charge in [0.2, 0.25) is 0 Å². The molecule has 3 aromatic carbocycles. The summed E-state index contributed by atoms with van der Waals surface area (Å²) in [6, 6.07) is 31.6. The number of hydrogen-bond donors (Lipinski definition) is 1. The predicted octanol–water partition coefficient (Wildman–Crippen LogP) is 7.21. The molecule has 3 aromatic rings. The second kappa shape index (κ2) is 12.0. The fraction of sp³-hybridized carbons (Fsp3) is 0.371. The smallest absolute Gasteiger partial charge is 0.155 e. The zero-order valence-electron chi connectivity index (χ0n) is 23.2. The first kappa shape index (κ1) is 27.7. The number of rotatable bonds is 5. The van der Waals surface area contributed by atoms with Crippen molar-refractivity contribution in [3.05, 3.63) is 120 Å². The number of nitrogens with one attached hydrogen (secondary N) is 1. The molecule has 0 bridgehead atoms. The number of carbonyl (C=O) groups excluding carboxylic acids is 2. The molecule has 0 spiro atoms. The summed E-state index contributed by atoms with van der Waals surface area (Å²) >= 11 is 0. The molecule has 3 nitrogen and oxygen atoms in total. The van der Waals surface area contributed by atoms with Gasteiger partial charge < -0.3 is 5.32 Å². The van der Waals surface area contributed by atoms with E-state index in [2.05, 4.69) is 118 Å². The van der Waals surface area contributed by atoms with Gasteiger partial charge >= 0.3 is 0 Å². The number of hydrogen-bond acceptors (Lipinski definition) is 3. The van der Waals surface area contributed by atoms with Crippen LogP contribution in [0.1, 0.15) is 63.6 Å². The third-order valence-electron chi connectivity index (χ3n) is 9.05. The largest absolute Gasteiger partial charge is 0.309 e. The van der Waals surface area contributed by atoms with Gasteiger partial charge in [0.05, 0.1) is 0 Å². The van der Waals surface area contributed by atoms with Crippen LogP contribution in [0.2, 0.25) is 0 Å². The monoisotopic (exact) mass is 507 g/mol. The molecule has 0 aliphatic heterocycles. The van der Waals surface area contributed by atoms with Gasteiger partial charge in [-0.2, -0.15) is 0 Å². The summed E-state index contributed by atoms with van der Waals surface area (Å²) in [7, 11) is 0. The van der Waals surface area contributed by atoms with Crippen LogP contribution in [0.3, 0.4) is 0 Å². The molecule has 5 rings (SSSR count). The van der Waals surface area contributed by atoms with Gasteiger partial charge in [-0.25, -0.2) is 0 Å². The lowest BCUT2D eigenvalue weighted by molar-refractivity contribution is -0.124. The number of ketones is 2. The Morgan fingerprint density at radius 2 is 1.26 bits per heavy atom. The molecular formula is C35H41NO2. The van der Waals surface area contributed by atoms with Gasteiger partial charge in [-0.1, -0.05) is 125 Å². The Morgan fingerprint density at radius 1 is 0.711 bits per heavy atom. The molecule has 2 aliphatic carbocycles. The molecule has 5 atom stereocenters. The molecule has 2 aliphatic rings. The fourth-order valence-electron chi connectivity index (χ4n) is 6.01. The molecule has 1 fully saturated rings. The van der Waals surface area contributed by atoms with Gasteiger partial charge in [-0.15, -0.1) is 0 Å². The minimum absolute atomic E-state index is 0.00910. The van der Waals surface area contributed by atoms with E-state index in [1.54, 1.807) is 6.08 Å². The summed E-state index contributed by atoms with van der Waals surface area (Å²) in [5.41, 5.74) is 3.86. The highest BCUT2D eigenvalue weighted by molar-refractivity contribution is 5.91. The van der Waals surface area contributed by atoms with Crippen LogP contribution in [0.4, 0.5) is 0 Å². The van der Waals surface area contributed by atoms with Gasteiger partial charge in [-0.3, -0.25) is 9.59 Å². The van der Waals surface area contributed by atoms with E-state index in [1.165, 1.54) is 16.7 Å². The van der Waals surface area contributed by atoms with E-state index >= 15 is 0 Å². The Labute approximate surface area is 228 Å². The molecule has 38 heavy (non-hydrogen) atoms. The summed E-state index contributed by atoms with van der Waals surface area (Å²) < 4.78 is 0. The molecule has 3 heteroatoms. The van der Waals surface area contributed by atoms with Crippen LogP contribution >= 0.6 is 0 Å². The van der Waals surface area contributed by atoms with E-state index in [0.29, 0.717) is 36.9 Å². The van der Waals surface area contributed by atoms with Crippen LogP contribution in [-0.2, 0) is 27.0 Å². The van der Waals surface area contributed by atoms with Crippen LogP contribution in [-0.4, -0.2) is 17.6 Å². The molecule has 1 unspecified atom stereocenters. The summed E-state index contributed by atoms with van der Waals surface area (Å²) in [5, 5.41) is 3.67. The van der Waals surface area contributed by atoms with Crippen molar-refractivity contribution in [1.29, 1.82) is 0 Å². The van der Waals surface area contributed by atoms with Gasteiger partial charge in [0.1, 0.15) is 5.78 Å². The molecule has 0 radical (unpaired) electrons. The Balaban J connectivity index is 0.000000194. The zero-order valence-corrected chi connectivity index (χ0v) is 23.2. The highest BCUT2D eigenvalue weighted by Gasteiger charge is 2.45. The van der Waals surface area contributed by atoms with E-state index in [4.69, 9.17) is 0 Å². The normalized spacial score (nSPS) is 28.9. The van der Waals surface area contributed by atoms with Crippen molar-refractivity contribution >= 4 is 11.6 Å². The number of allylic oxidation sites excluding steroid dienone is 2. The molecular weight excluding hydrogens is 466 g/mol. The maximum absolute atomic E-state index is 12.2. The maximum Gasteiger partial charge on any atom is 0.155 e. The highest BCUT2D eigenvalue weighted by Crippen LogP contribution is 2.42. The average Bonchev–Trinajstić information content (AvgIpc) is 2.94. The fourth-order valence-corrected chi connectivity index (χ4v) is 6.01. The number of carbonyl (C=O) groups is 2. The minimum Gasteiger partial charge on any atom is -0.309 e. The van der Waals surface area contributed by atoms with Crippen molar-refractivity contribution < 1.29 is 9.59 Å². The third kappa shape index (κ3) is 6.05. The second-order valence-electron chi connectivity index (χ2n) is 11.5. The number of benzene rings is 3. The van der Waals surface area contributed by atoms with E-state index in [-0.39, 0.29) is 22.7 Å². The molecule has 0 amide bonds. The molecule has 198 valence electrons. The quantitative estimate of drug-likeness (QED) is 0.397. The average molecular weight is 508 g/mol. The van der Waals surface area contributed by atoms with Crippen LogP contribution in [0.5, 0.6) is 0 Å². The summed E-state index contributed by atoms with van der Waals surface area (Å²) in [6.45, 7) is 9.67. The second-order valence-corrected chi connectivity index (χ2v) is 11.5. The van der Waals surface area contributed by atoms with Crippen LogP contribution < -0.4 is 5.32 Å². The topological polar surface area (TPSA) is 46.2 Å². The van der Waals surface area contributed by atoms with Crippen molar-refractivity contribution in [2.75, 3.05) is 0 Å². The zero-order chi connectivity index (χ0) is 27.2. The maximum atomic E-state index is 12.2. The minimum atomic E-state index is -0.0239. The summed E-state index contributed by atoms with van der Waals surface area (Å²) in [4.78, 5) is 23.5. The first-order chi connectivity index (χ1) is 18.2. The summed E-state index contributed by atoms with van der Waals surface area (Å²) in [6.07, 6.45) is 5.73. The van der Waals surface area contributed by atoms with Crippen molar-refractivity contribution in [2.45, 2.75) is 70.4 Å². The van der Waals surface area contributed by atoms with Gasteiger partial charge in [0.15, 0.2) is 5.78 Å². The predicted molar refractivity (Wildman–Crippen MR) is 156 cm³/mol. The first-order valence-corrected chi connectivity index (χ1v) is 13.9. The molecule has 0 heterocycles. The van der Waals surface area contributed by atoms with Gasteiger partial charge in [0, 0.05) is 42.7 Å². The number of Topliss-reactive ketones (excluding diaryl/α,β-unsaturated/α-hetero) is 1. The molecule has 1 saturated carbocycles. The van der Waals surface area contributed by atoms with Crippen molar-refractivity contribution in [3.8, 4) is 0 Å². The van der Waals surface area contributed by atoms with E-state index in [0.717, 1.165) is 6.54 Å². The van der Waals surface area contributed by atoms with Crippen molar-refractivity contribution in [2.24, 2.45) is 11.8 Å². The van der Waals surface area contributed by atoms with Crippen LogP contribution in [0.15, 0.2) is 103 Å². The molecule has 0 saturated heterocycles. The van der Waals surface area contributed by atoms with Gasteiger partial charge in [-0.05, 0) is 34.6 Å². The Hall–Kier alpha value is -3.30. The first-order valence-electron chi connectivity index (χ1n) is 13.9. The van der Waals surface area contributed by atoms with Crippen LogP contribution in [0, 0.1) is 11.8 Å². The lowest BCUT2D eigenvalue weighted by Gasteiger charge is -2.46. The van der Waals surface area contributed by atoms with Gasteiger partial charge in [0.25, 0.3) is 0 Å². The lowest BCUT2D eigenvalue weighted by atomic mass is 9.61. The SMILES string of the molecule is C[C@@H]1CC(=O)C=C[C@@]1(C)c1ccccc1.C[C@@H]1CC(=O)CC(NCc2ccccc2)[C@@]1(C)c1ccccc1. The molecule has 0 aromatic heterocycles. The lowest BCUT2D eigenvalue weighted by Crippen LogP contribution is -2.54. The van der Waals surface area contributed by atoms with Crippen LogP contribution in [0.25, 0.3) is 0 Å². The van der Waals surface area contributed by atoms with E-state index < -0.39 is 0 Å². The summed E-state index contributed by atoms with van der Waals surface area (Å²) in [5.74, 6) is 1.32. The standard InChI is InChI=1S/C21H25NO.C14H16O/c1-16-13-19(23)14-20(22-15-17-9-5-3-6-10-17)21(16,2)18-11-7-4-8-12-18;1-11-10-13(15)8-9-14(11,2)12-6-4-3-5-7-12/h3-12,16,20,22H,13-15H2,1-2H3;3-9,11H,10H2,1-2H3/t16-,20?,21-;11-,14-/m11/s1. The van der Waals surface area contributed by atoms with Crippen molar-refractivity contribution in [3.63, 3.8) is 0 Å². The Kier molecular flexibility index (Phi) is 8.79. The third-order valence-corrected chi connectivity index (χ3v) is 9.05. The Morgan fingerprint density at radius 3 is 1.84 bits per heavy atom. The highest BCUT2D eigenvalue weighted by atomic mass is 16.1. The van der Waals surface area contributed by atoms with E-state index in [9.17, 15) is 9.59 Å². The molecule has 1 N–H and O–H groups in total. The Bertz CT molecular complexity index is 1240. The van der Waals surface area contributed by atoms with Crippen molar-refractivity contribution in [1.82, 2.24) is 5.32 Å². The van der Waals surface area contributed by atoms with E-state index in [1.807, 2.05) is 12.1 Å².